The zero-order valence-corrected chi connectivity index (χ0v) is 13.0. The van der Waals surface area contributed by atoms with E-state index in [1.165, 1.54) is 6.42 Å². The molecular formula is C16H27NO4. The number of rotatable bonds is 6. The number of nitrogens with one attached hydrogen (secondary N) is 1. The second-order valence-electron chi connectivity index (χ2n) is 6.49. The quantitative estimate of drug-likeness (QED) is 0.737. The standard InChI is InChI=1S/C16H27NO4/c1-3-4-5-6-10-7-15(18)17-13-9-14(21-2)12(16(19)20)8-11(10)13/h10-14H,3-9H2,1-2H3,(H,17,18)(H,19,20). The molecule has 0 aromatic heterocycles. The molecule has 2 aliphatic rings. The highest BCUT2D eigenvalue weighted by atomic mass is 16.5. The van der Waals surface area contributed by atoms with Gasteiger partial charge in [-0.05, 0) is 31.1 Å². The van der Waals surface area contributed by atoms with Crippen molar-refractivity contribution in [2.45, 2.75) is 64.0 Å². The molecule has 0 radical (unpaired) electrons. The van der Waals surface area contributed by atoms with Crippen molar-refractivity contribution in [3.8, 4) is 0 Å². The van der Waals surface area contributed by atoms with Crippen LogP contribution in [0.2, 0.25) is 0 Å². The van der Waals surface area contributed by atoms with Crippen LogP contribution < -0.4 is 5.32 Å². The number of aliphatic carboxylic acids is 1. The largest absolute Gasteiger partial charge is 0.481 e. The molecule has 21 heavy (non-hydrogen) atoms. The Kier molecular flexibility index (Phi) is 5.62. The Morgan fingerprint density at radius 1 is 1.38 bits per heavy atom. The van der Waals surface area contributed by atoms with Gasteiger partial charge in [-0.1, -0.05) is 26.2 Å². The van der Waals surface area contributed by atoms with Crippen molar-refractivity contribution in [2.75, 3.05) is 7.11 Å². The van der Waals surface area contributed by atoms with Crippen molar-refractivity contribution in [3.05, 3.63) is 0 Å². The average Bonchev–Trinajstić information content (AvgIpc) is 2.45. The number of hydrogen-bond donors (Lipinski definition) is 2. The first-order valence-electron chi connectivity index (χ1n) is 8.11. The van der Waals surface area contributed by atoms with Gasteiger partial charge in [0.1, 0.15) is 0 Å². The van der Waals surface area contributed by atoms with Crippen molar-refractivity contribution in [3.63, 3.8) is 0 Å². The van der Waals surface area contributed by atoms with Crippen LogP contribution in [0, 0.1) is 17.8 Å². The summed E-state index contributed by atoms with van der Waals surface area (Å²) >= 11 is 0. The predicted octanol–water partition coefficient (Wildman–Crippen LogP) is 2.20. The summed E-state index contributed by atoms with van der Waals surface area (Å²) in [5.74, 6) is -0.493. The van der Waals surface area contributed by atoms with E-state index in [0.29, 0.717) is 25.2 Å². The highest BCUT2D eigenvalue weighted by Crippen LogP contribution is 2.41. The van der Waals surface area contributed by atoms with Gasteiger partial charge in [-0.15, -0.1) is 0 Å². The van der Waals surface area contributed by atoms with E-state index in [1.54, 1.807) is 7.11 Å². The minimum absolute atomic E-state index is 0.0819. The van der Waals surface area contributed by atoms with Crippen LogP contribution in [-0.4, -0.2) is 36.2 Å². The molecular weight excluding hydrogens is 270 g/mol. The van der Waals surface area contributed by atoms with Gasteiger partial charge in [0.2, 0.25) is 5.91 Å². The maximum absolute atomic E-state index is 11.9. The number of hydrogen-bond acceptors (Lipinski definition) is 3. The van der Waals surface area contributed by atoms with Gasteiger partial charge in [-0.2, -0.15) is 0 Å². The molecule has 0 bridgehead atoms. The summed E-state index contributed by atoms with van der Waals surface area (Å²) in [7, 11) is 1.56. The molecule has 1 aliphatic heterocycles. The molecule has 1 aliphatic carbocycles. The van der Waals surface area contributed by atoms with Gasteiger partial charge in [0.05, 0.1) is 12.0 Å². The molecule has 5 atom stereocenters. The fourth-order valence-electron chi connectivity index (χ4n) is 4.03. The van der Waals surface area contributed by atoms with E-state index in [-0.39, 0.29) is 24.0 Å². The summed E-state index contributed by atoms with van der Waals surface area (Å²) in [5.41, 5.74) is 0. The lowest BCUT2D eigenvalue weighted by molar-refractivity contribution is -0.152. The van der Waals surface area contributed by atoms with Gasteiger partial charge in [-0.25, -0.2) is 0 Å². The fraction of sp³-hybridized carbons (Fsp3) is 0.875. The number of piperidine rings is 1. The number of amides is 1. The summed E-state index contributed by atoms with van der Waals surface area (Å²) in [5, 5.41) is 12.5. The Labute approximate surface area is 126 Å². The molecule has 1 saturated carbocycles. The second-order valence-corrected chi connectivity index (χ2v) is 6.49. The maximum atomic E-state index is 11.9. The third-order valence-corrected chi connectivity index (χ3v) is 5.18. The highest BCUT2D eigenvalue weighted by Gasteiger charge is 2.46. The number of methoxy groups -OCH3 is 1. The van der Waals surface area contributed by atoms with Crippen molar-refractivity contribution >= 4 is 11.9 Å². The molecule has 0 spiro atoms. The smallest absolute Gasteiger partial charge is 0.309 e. The monoisotopic (exact) mass is 297 g/mol. The third kappa shape index (κ3) is 3.76. The van der Waals surface area contributed by atoms with E-state index in [0.717, 1.165) is 19.3 Å². The van der Waals surface area contributed by atoms with Gasteiger partial charge < -0.3 is 15.2 Å². The Balaban J connectivity index is 2.07. The van der Waals surface area contributed by atoms with E-state index in [2.05, 4.69) is 12.2 Å². The van der Waals surface area contributed by atoms with Crippen LogP contribution in [0.25, 0.3) is 0 Å². The topological polar surface area (TPSA) is 75.6 Å². The Hall–Kier alpha value is -1.10. The molecule has 1 saturated heterocycles. The van der Waals surface area contributed by atoms with E-state index in [9.17, 15) is 14.7 Å². The maximum Gasteiger partial charge on any atom is 0.309 e. The lowest BCUT2D eigenvalue weighted by atomic mass is 9.66. The zero-order valence-electron chi connectivity index (χ0n) is 13.0. The lowest BCUT2D eigenvalue weighted by Crippen LogP contribution is -2.56. The normalized spacial score (nSPS) is 35.9. The number of fused-ring (bicyclic) bond motifs is 1. The average molecular weight is 297 g/mol. The summed E-state index contributed by atoms with van der Waals surface area (Å²) in [6, 6.07) is 0.0819. The van der Waals surface area contributed by atoms with E-state index >= 15 is 0 Å². The van der Waals surface area contributed by atoms with E-state index in [1.807, 2.05) is 0 Å². The second kappa shape index (κ2) is 7.25. The van der Waals surface area contributed by atoms with Gasteiger partial charge in [0.15, 0.2) is 0 Å². The minimum Gasteiger partial charge on any atom is -0.481 e. The molecule has 120 valence electrons. The van der Waals surface area contributed by atoms with Crippen LogP contribution in [-0.2, 0) is 14.3 Å². The molecule has 2 rings (SSSR count). The Morgan fingerprint density at radius 3 is 2.76 bits per heavy atom. The number of ether oxygens (including phenoxy) is 1. The molecule has 0 aromatic carbocycles. The number of carbonyl (C=O) groups excluding carboxylic acids is 1. The minimum atomic E-state index is -0.774. The van der Waals surface area contributed by atoms with Crippen molar-refractivity contribution in [1.82, 2.24) is 5.32 Å². The van der Waals surface area contributed by atoms with E-state index < -0.39 is 11.9 Å². The first-order valence-corrected chi connectivity index (χ1v) is 8.11. The number of carboxylic acid groups (broad SMARTS) is 1. The Bertz CT molecular complexity index is 384. The van der Waals surface area contributed by atoms with Crippen LogP contribution in [0.15, 0.2) is 0 Å². The molecule has 5 unspecified atom stereocenters. The number of carboxylic acids is 1. The Morgan fingerprint density at radius 2 is 2.14 bits per heavy atom. The van der Waals surface area contributed by atoms with Crippen LogP contribution in [0.3, 0.4) is 0 Å². The first-order chi connectivity index (χ1) is 10.1. The first kappa shape index (κ1) is 16.3. The molecule has 0 aromatic rings. The van der Waals surface area contributed by atoms with E-state index in [4.69, 9.17) is 4.74 Å². The third-order valence-electron chi connectivity index (χ3n) is 5.18. The van der Waals surface area contributed by atoms with Gasteiger partial charge >= 0.3 is 5.97 Å². The molecule has 5 nitrogen and oxygen atoms in total. The molecule has 1 amide bonds. The molecule has 5 heteroatoms. The molecule has 1 heterocycles. The van der Waals surface area contributed by atoms with Crippen LogP contribution in [0.4, 0.5) is 0 Å². The van der Waals surface area contributed by atoms with Crippen molar-refractivity contribution < 1.29 is 19.4 Å². The number of unbranched alkanes of at least 4 members (excludes halogenated alkanes) is 2. The number of carbonyl (C=O) groups is 2. The van der Waals surface area contributed by atoms with Gasteiger partial charge in [0.25, 0.3) is 0 Å². The lowest BCUT2D eigenvalue weighted by Gasteiger charge is -2.46. The van der Waals surface area contributed by atoms with Crippen LogP contribution >= 0.6 is 0 Å². The van der Waals surface area contributed by atoms with Gasteiger partial charge in [0, 0.05) is 19.6 Å². The summed E-state index contributed by atoms with van der Waals surface area (Å²) < 4.78 is 5.35. The van der Waals surface area contributed by atoms with Crippen molar-refractivity contribution in [1.29, 1.82) is 0 Å². The SMILES string of the molecule is CCCCCC1CC(=O)NC2CC(OC)C(C(=O)O)CC12. The summed E-state index contributed by atoms with van der Waals surface area (Å²) in [6.07, 6.45) is 6.00. The molecule has 2 fully saturated rings. The fourth-order valence-corrected chi connectivity index (χ4v) is 4.03. The zero-order chi connectivity index (χ0) is 15.4. The summed E-state index contributed by atoms with van der Waals surface area (Å²) in [6.45, 7) is 2.17. The highest BCUT2D eigenvalue weighted by molar-refractivity contribution is 5.78. The molecule has 2 N–H and O–H groups in total. The van der Waals surface area contributed by atoms with Crippen LogP contribution in [0.1, 0.15) is 51.9 Å². The predicted molar refractivity (Wildman–Crippen MR) is 78.8 cm³/mol. The van der Waals surface area contributed by atoms with Gasteiger partial charge in [-0.3, -0.25) is 9.59 Å². The van der Waals surface area contributed by atoms with Crippen molar-refractivity contribution in [2.24, 2.45) is 17.8 Å². The van der Waals surface area contributed by atoms with Crippen LogP contribution in [0.5, 0.6) is 0 Å². The summed E-state index contributed by atoms with van der Waals surface area (Å²) in [4.78, 5) is 23.4.